The summed E-state index contributed by atoms with van der Waals surface area (Å²) in [5, 5.41) is 8.99. The monoisotopic (exact) mass is 309 g/mol. The molecule has 0 aliphatic rings. The number of ether oxygens (including phenoxy) is 1. The third kappa shape index (κ3) is 4.37. The average molecular weight is 309 g/mol. The van der Waals surface area contributed by atoms with Crippen molar-refractivity contribution in [1.29, 1.82) is 0 Å². The first-order chi connectivity index (χ1) is 10.1. The number of hydrogen-bond donors (Lipinski definition) is 1. The quantitative estimate of drug-likeness (QED) is 0.792. The van der Waals surface area contributed by atoms with Crippen LogP contribution in [0.25, 0.3) is 10.8 Å². The first-order valence-corrected chi connectivity index (χ1v) is 7.65. The van der Waals surface area contributed by atoms with Crippen molar-refractivity contribution in [2.75, 3.05) is 7.11 Å². The van der Waals surface area contributed by atoms with Crippen molar-refractivity contribution in [2.24, 2.45) is 5.92 Å². The Balaban J connectivity index is 1.96. The predicted octanol–water partition coefficient (Wildman–Crippen LogP) is 2.48. The van der Waals surface area contributed by atoms with Crippen molar-refractivity contribution in [3.05, 3.63) is 23.3 Å². The van der Waals surface area contributed by atoms with Crippen LogP contribution >= 0.6 is 11.3 Å². The molecule has 7 heteroatoms. The number of hydrogen-bond acceptors (Lipinski definition) is 7. The van der Waals surface area contributed by atoms with Crippen molar-refractivity contribution < 1.29 is 14.1 Å². The van der Waals surface area contributed by atoms with E-state index in [9.17, 15) is 4.79 Å². The van der Waals surface area contributed by atoms with E-state index in [0.717, 1.165) is 4.88 Å². The van der Waals surface area contributed by atoms with E-state index < -0.39 is 0 Å². The van der Waals surface area contributed by atoms with Crippen molar-refractivity contribution in [3.8, 4) is 10.8 Å². The van der Waals surface area contributed by atoms with E-state index in [1.807, 2.05) is 17.5 Å². The number of methoxy groups -OCH3 is 1. The van der Waals surface area contributed by atoms with Gasteiger partial charge >= 0.3 is 5.97 Å². The summed E-state index contributed by atoms with van der Waals surface area (Å²) in [5.74, 6) is 1.13. The minimum Gasteiger partial charge on any atom is -0.468 e. The minimum absolute atomic E-state index is 0.273. The molecule has 0 aliphatic carbocycles. The summed E-state index contributed by atoms with van der Waals surface area (Å²) in [6.45, 7) is 4.48. The summed E-state index contributed by atoms with van der Waals surface area (Å²) in [6, 6.07) is 3.49. The van der Waals surface area contributed by atoms with Gasteiger partial charge in [-0.25, -0.2) is 0 Å². The molecule has 114 valence electrons. The van der Waals surface area contributed by atoms with Gasteiger partial charge in [-0.1, -0.05) is 25.1 Å². The molecule has 2 rings (SSSR count). The molecule has 0 fully saturated rings. The van der Waals surface area contributed by atoms with Crippen LogP contribution in [0, 0.1) is 5.92 Å². The van der Waals surface area contributed by atoms with Gasteiger partial charge in [0.25, 0.3) is 5.89 Å². The SMILES string of the molecule is COC(=O)C(CC(C)C)NCc1noc(-c2cccs2)n1. The fourth-order valence-corrected chi connectivity index (χ4v) is 2.56. The van der Waals surface area contributed by atoms with Gasteiger partial charge in [-0.2, -0.15) is 4.98 Å². The van der Waals surface area contributed by atoms with E-state index in [1.54, 1.807) is 0 Å². The Morgan fingerprint density at radius 2 is 2.33 bits per heavy atom. The molecule has 0 saturated heterocycles. The van der Waals surface area contributed by atoms with Gasteiger partial charge < -0.3 is 9.26 Å². The Bertz CT molecular complexity index is 566. The fourth-order valence-electron chi connectivity index (χ4n) is 1.92. The molecular formula is C14H19N3O3S. The summed E-state index contributed by atoms with van der Waals surface area (Å²) >= 11 is 1.54. The van der Waals surface area contributed by atoms with Gasteiger partial charge in [0.2, 0.25) is 0 Å². The van der Waals surface area contributed by atoms with Crippen molar-refractivity contribution in [3.63, 3.8) is 0 Å². The molecule has 0 saturated carbocycles. The average Bonchev–Trinajstić information content (AvgIpc) is 3.12. The number of nitrogens with one attached hydrogen (secondary N) is 1. The van der Waals surface area contributed by atoms with E-state index in [0.29, 0.717) is 30.6 Å². The van der Waals surface area contributed by atoms with Crippen LogP contribution in [0.1, 0.15) is 26.1 Å². The molecule has 1 atom stereocenters. The van der Waals surface area contributed by atoms with Gasteiger partial charge in [-0.05, 0) is 23.8 Å². The molecule has 0 spiro atoms. The second-order valence-electron chi connectivity index (χ2n) is 5.08. The summed E-state index contributed by atoms with van der Waals surface area (Å²) in [5.41, 5.74) is 0. The number of nitrogens with zero attached hydrogens (tertiary/aromatic N) is 2. The number of carbonyl (C=O) groups is 1. The van der Waals surface area contributed by atoms with E-state index in [2.05, 4.69) is 29.3 Å². The van der Waals surface area contributed by atoms with E-state index in [-0.39, 0.29) is 12.0 Å². The van der Waals surface area contributed by atoms with Crippen LogP contribution in [0.4, 0.5) is 0 Å². The number of carbonyl (C=O) groups excluding carboxylic acids is 1. The largest absolute Gasteiger partial charge is 0.468 e. The number of rotatable bonds is 7. The number of thiophene rings is 1. The smallest absolute Gasteiger partial charge is 0.322 e. The molecule has 0 bridgehead atoms. The molecule has 2 heterocycles. The zero-order chi connectivity index (χ0) is 15.2. The lowest BCUT2D eigenvalue weighted by atomic mass is 10.0. The van der Waals surface area contributed by atoms with Crippen LogP contribution < -0.4 is 5.32 Å². The Morgan fingerprint density at radius 3 is 2.95 bits per heavy atom. The molecule has 1 N–H and O–H groups in total. The van der Waals surface area contributed by atoms with Crippen molar-refractivity contribution in [2.45, 2.75) is 32.9 Å². The van der Waals surface area contributed by atoms with Crippen LogP contribution in [0.2, 0.25) is 0 Å². The second kappa shape index (κ2) is 7.33. The highest BCUT2D eigenvalue weighted by Crippen LogP contribution is 2.22. The molecule has 6 nitrogen and oxygen atoms in total. The molecule has 0 radical (unpaired) electrons. The number of aromatic nitrogens is 2. The van der Waals surface area contributed by atoms with Crippen LogP contribution in [0.15, 0.2) is 22.0 Å². The molecule has 0 aromatic carbocycles. The maximum Gasteiger partial charge on any atom is 0.322 e. The van der Waals surface area contributed by atoms with E-state index in [1.165, 1.54) is 18.4 Å². The summed E-state index contributed by atoms with van der Waals surface area (Å²) in [6.07, 6.45) is 0.697. The lowest BCUT2D eigenvalue weighted by Gasteiger charge is -2.17. The maximum atomic E-state index is 11.7. The van der Waals surface area contributed by atoms with Crippen LogP contribution in [-0.2, 0) is 16.1 Å². The molecule has 2 aromatic rings. The third-order valence-corrected chi connectivity index (χ3v) is 3.76. The lowest BCUT2D eigenvalue weighted by Crippen LogP contribution is -2.38. The molecule has 0 amide bonds. The predicted molar refractivity (Wildman–Crippen MR) is 79.7 cm³/mol. The lowest BCUT2D eigenvalue weighted by molar-refractivity contribution is -0.143. The van der Waals surface area contributed by atoms with Gasteiger partial charge in [0.1, 0.15) is 6.04 Å². The first-order valence-electron chi connectivity index (χ1n) is 6.77. The normalized spacial score (nSPS) is 12.6. The molecule has 0 aliphatic heterocycles. The molecule has 21 heavy (non-hydrogen) atoms. The summed E-state index contributed by atoms with van der Waals surface area (Å²) in [4.78, 5) is 17.0. The highest BCUT2D eigenvalue weighted by Gasteiger charge is 2.21. The van der Waals surface area contributed by atoms with E-state index in [4.69, 9.17) is 9.26 Å². The molecule has 1 unspecified atom stereocenters. The van der Waals surface area contributed by atoms with Gasteiger partial charge in [-0.15, -0.1) is 11.3 Å². The summed E-state index contributed by atoms with van der Waals surface area (Å²) in [7, 11) is 1.39. The summed E-state index contributed by atoms with van der Waals surface area (Å²) < 4.78 is 10.0. The highest BCUT2D eigenvalue weighted by atomic mass is 32.1. The van der Waals surface area contributed by atoms with Crippen LogP contribution in [0.5, 0.6) is 0 Å². The van der Waals surface area contributed by atoms with Crippen LogP contribution in [0.3, 0.4) is 0 Å². The zero-order valence-electron chi connectivity index (χ0n) is 12.3. The van der Waals surface area contributed by atoms with Gasteiger partial charge in [0.05, 0.1) is 18.5 Å². The van der Waals surface area contributed by atoms with E-state index >= 15 is 0 Å². The minimum atomic E-state index is -0.362. The van der Waals surface area contributed by atoms with Crippen molar-refractivity contribution in [1.82, 2.24) is 15.5 Å². The fraction of sp³-hybridized carbons (Fsp3) is 0.500. The van der Waals surface area contributed by atoms with Crippen molar-refractivity contribution >= 4 is 17.3 Å². The Labute approximate surface area is 127 Å². The van der Waals surface area contributed by atoms with Gasteiger partial charge in [0.15, 0.2) is 5.82 Å². The maximum absolute atomic E-state index is 11.7. The van der Waals surface area contributed by atoms with Gasteiger partial charge in [0, 0.05) is 0 Å². The standard InChI is InChI=1S/C14H19N3O3S/c1-9(2)7-10(14(18)19-3)15-8-12-16-13(20-17-12)11-5-4-6-21-11/h4-6,9-10,15H,7-8H2,1-3H3. The first kappa shape index (κ1) is 15.7. The Kier molecular flexibility index (Phi) is 5.46. The highest BCUT2D eigenvalue weighted by molar-refractivity contribution is 7.13. The van der Waals surface area contributed by atoms with Crippen LogP contribution in [-0.4, -0.2) is 29.3 Å². The molecular weight excluding hydrogens is 290 g/mol. The molecule has 2 aromatic heterocycles. The Morgan fingerprint density at radius 1 is 1.52 bits per heavy atom. The third-order valence-electron chi connectivity index (χ3n) is 2.90. The number of esters is 1. The van der Waals surface area contributed by atoms with Gasteiger partial charge in [-0.3, -0.25) is 10.1 Å². The Hall–Kier alpha value is -1.73. The topological polar surface area (TPSA) is 77.2 Å². The second-order valence-corrected chi connectivity index (χ2v) is 6.03. The zero-order valence-corrected chi connectivity index (χ0v) is 13.1.